The average Bonchev–Trinajstić information content (AvgIpc) is 2.87. The van der Waals surface area contributed by atoms with Crippen LogP contribution >= 0.6 is 7.82 Å². The van der Waals surface area contributed by atoms with Gasteiger partial charge in [-0.1, -0.05) is 31.2 Å². The van der Waals surface area contributed by atoms with Gasteiger partial charge in [-0.05, 0) is 41.8 Å². The fourth-order valence-corrected chi connectivity index (χ4v) is 4.38. The van der Waals surface area contributed by atoms with E-state index in [9.17, 15) is 18.1 Å². The lowest BCUT2D eigenvalue weighted by atomic mass is 10.2. The third kappa shape index (κ3) is 8.44. The number of methoxy groups -OCH3 is 1. The van der Waals surface area contributed by atoms with Crippen LogP contribution in [0, 0.1) is 0 Å². The normalized spacial score (nSPS) is 14.0. The Kier molecular flexibility index (Phi) is 11.1. The summed E-state index contributed by atoms with van der Waals surface area (Å²) in [6.07, 6.45) is -1.79. The zero-order chi connectivity index (χ0) is 25.2. The fraction of sp³-hybridized carbons (Fsp3) is 0.455. The van der Waals surface area contributed by atoms with E-state index in [4.69, 9.17) is 27.2 Å². The summed E-state index contributed by atoms with van der Waals surface area (Å²) in [5, 5.41) is 10.6. The van der Waals surface area contributed by atoms with Crippen LogP contribution < -0.4 is 4.74 Å². The smallest absolute Gasteiger partial charge is 0.474 e. The highest BCUT2D eigenvalue weighted by atomic mass is 32.2. The number of hydrogen-bond donors (Lipinski definition) is 1. The maximum atomic E-state index is 12.5. The molecule has 190 valence electrons. The standard InChI is InChI=1S/C22H31O10PS/c1-5-17-8-12-20(13-9-17)34(25,26)32-15-21(23)22(16-31-33(24,28-3)29-4)30-14-18-6-10-19(27-2)11-7-18/h6-13,21-23H,5,14-16H2,1-4H3/t21-,22-/m0/s1. The van der Waals surface area contributed by atoms with Crippen molar-refractivity contribution in [2.75, 3.05) is 34.5 Å². The van der Waals surface area contributed by atoms with Gasteiger partial charge in [0, 0.05) is 14.2 Å². The summed E-state index contributed by atoms with van der Waals surface area (Å²) < 4.78 is 67.8. The molecule has 10 nitrogen and oxygen atoms in total. The molecule has 0 aromatic heterocycles. The molecule has 0 aliphatic heterocycles. The van der Waals surface area contributed by atoms with Crippen LogP contribution in [0.3, 0.4) is 0 Å². The van der Waals surface area contributed by atoms with Crippen LogP contribution in [0.25, 0.3) is 0 Å². The minimum Gasteiger partial charge on any atom is -0.497 e. The zero-order valence-corrected chi connectivity index (χ0v) is 21.3. The Balaban J connectivity index is 2.07. The molecular weight excluding hydrogens is 487 g/mol. The predicted octanol–water partition coefficient (Wildman–Crippen LogP) is 3.33. The lowest BCUT2D eigenvalue weighted by Crippen LogP contribution is -2.37. The van der Waals surface area contributed by atoms with Crippen LogP contribution in [0.2, 0.25) is 0 Å². The third-order valence-electron chi connectivity index (χ3n) is 4.91. The first-order valence-electron chi connectivity index (χ1n) is 10.4. The highest BCUT2D eigenvalue weighted by molar-refractivity contribution is 7.86. The van der Waals surface area contributed by atoms with Crippen molar-refractivity contribution >= 4 is 17.9 Å². The number of aliphatic hydroxyl groups excluding tert-OH is 1. The molecule has 2 rings (SSSR count). The molecule has 0 heterocycles. The van der Waals surface area contributed by atoms with Crippen LogP contribution in [0.4, 0.5) is 0 Å². The van der Waals surface area contributed by atoms with Crippen molar-refractivity contribution < 1.29 is 45.3 Å². The van der Waals surface area contributed by atoms with Crippen LogP contribution in [-0.4, -0.2) is 60.3 Å². The lowest BCUT2D eigenvalue weighted by molar-refractivity contribution is -0.0819. The molecular formula is C22H31O10PS. The van der Waals surface area contributed by atoms with Crippen LogP contribution in [0.1, 0.15) is 18.1 Å². The Labute approximate surface area is 200 Å². The number of phosphoric ester groups is 1. The molecule has 0 bridgehead atoms. The second-order valence-electron chi connectivity index (χ2n) is 7.11. The van der Waals surface area contributed by atoms with E-state index < -0.39 is 43.4 Å². The Bertz CT molecular complexity index is 1020. The van der Waals surface area contributed by atoms with Crippen molar-refractivity contribution in [2.45, 2.75) is 37.1 Å². The molecule has 2 aromatic carbocycles. The second kappa shape index (κ2) is 13.3. The largest absolute Gasteiger partial charge is 0.497 e. The minimum absolute atomic E-state index is 0.0351. The maximum absolute atomic E-state index is 12.5. The van der Waals surface area contributed by atoms with Gasteiger partial charge in [-0.25, -0.2) is 4.57 Å². The summed E-state index contributed by atoms with van der Waals surface area (Å²) in [5.41, 5.74) is 1.73. The zero-order valence-electron chi connectivity index (χ0n) is 19.6. The maximum Gasteiger partial charge on any atom is 0.474 e. The molecule has 0 radical (unpaired) electrons. The van der Waals surface area contributed by atoms with E-state index in [2.05, 4.69) is 0 Å². The average molecular weight is 519 g/mol. The first kappa shape index (κ1) is 28.4. The summed E-state index contributed by atoms with van der Waals surface area (Å²) in [4.78, 5) is -0.0351. The molecule has 0 saturated heterocycles. The number of hydrogen-bond acceptors (Lipinski definition) is 10. The van der Waals surface area contributed by atoms with Gasteiger partial charge >= 0.3 is 7.82 Å². The molecule has 0 unspecified atom stereocenters. The summed E-state index contributed by atoms with van der Waals surface area (Å²) >= 11 is 0. The summed E-state index contributed by atoms with van der Waals surface area (Å²) in [7, 11) is -4.13. The third-order valence-corrected chi connectivity index (χ3v) is 7.57. The Morgan fingerprint density at radius 2 is 1.50 bits per heavy atom. The summed E-state index contributed by atoms with van der Waals surface area (Å²) in [5.74, 6) is 0.662. The predicted molar refractivity (Wildman–Crippen MR) is 124 cm³/mol. The van der Waals surface area contributed by atoms with Crippen molar-refractivity contribution in [3.8, 4) is 5.75 Å². The Morgan fingerprint density at radius 3 is 2.03 bits per heavy atom. The Morgan fingerprint density at radius 1 is 0.912 bits per heavy atom. The van der Waals surface area contributed by atoms with Gasteiger partial charge in [-0.15, -0.1) is 0 Å². The molecule has 0 aliphatic rings. The van der Waals surface area contributed by atoms with Crippen molar-refractivity contribution in [1.29, 1.82) is 0 Å². The van der Waals surface area contributed by atoms with Crippen molar-refractivity contribution in [3.63, 3.8) is 0 Å². The van der Waals surface area contributed by atoms with Gasteiger partial charge in [0.05, 0.1) is 31.8 Å². The number of aryl methyl sites for hydroxylation is 1. The number of benzene rings is 2. The van der Waals surface area contributed by atoms with Gasteiger partial charge in [0.25, 0.3) is 10.1 Å². The van der Waals surface area contributed by atoms with E-state index in [0.717, 1.165) is 31.8 Å². The van der Waals surface area contributed by atoms with Crippen molar-refractivity contribution in [1.82, 2.24) is 0 Å². The topological polar surface area (TPSA) is 127 Å². The van der Waals surface area contributed by atoms with Gasteiger partial charge < -0.3 is 14.6 Å². The fourth-order valence-electron chi connectivity index (χ4n) is 2.77. The number of ether oxygens (including phenoxy) is 2. The molecule has 0 spiro atoms. The summed E-state index contributed by atoms with van der Waals surface area (Å²) in [6, 6.07) is 13.3. The molecule has 34 heavy (non-hydrogen) atoms. The SMILES string of the molecule is CCc1ccc(S(=O)(=O)OC[C@H](O)[C@H](COP(=O)(OC)OC)OCc2ccc(OC)cc2)cc1. The molecule has 1 N–H and O–H groups in total. The quantitative estimate of drug-likeness (QED) is 0.277. The van der Waals surface area contributed by atoms with E-state index in [0.29, 0.717) is 5.75 Å². The van der Waals surface area contributed by atoms with E-state index >= 15 is 0 Å². The number of rotatable bonds is 15. The van der Waals surface area contributed by atoms with E-state index in [1.165, 1.54) is 12.1 Å². The minimum atomic E-state index is -4.12. The van der Waals surface area contributed by atoms with E-state index in [1.54, 1.807) is 43.5 Å². The number of phosphoric acid groups is 1. The first-order chi connectivity index (χ1) is 16.2. The molecule has 2 aromatic rings. The second-order valence-corrected chi connectivity index (χ2v) is 10.6. The summed E-state index contributed by atoms with van der Waals surface area (Å²) in [6.45, 7) is 0.977. The van der Waals surface area contributed by atoms with Crippen LogP contribution in [0.15, 0.2) is 53.4 Å². The molecule has 2 atom stereocenters. The molecule has 0 fully saturated rings. The molecule has 0 aliphatic carbocycles. The van der Waals surface area contributed by atoms with Gasteiger partial charge in [-0.3, -0.25) is 17.8 Å². The van der Waals surface area contributed by atoms with Gasteiger partial charge in [0.15, 0.2) is 0 Å². The lowest BCUT2D eigenvalue weighted by Gasteiger charge is -2.24. The highest BCUT2D eigenvalue weighted by Crippen LogP contribution is 2.47. The first-order valence-corrected chi connectivity index (χ1v) is 13.3. The molecule has 0 saturated carbocycles. The Hall–Kier alpha value is -1.82. The van der Waals surface area contributed by atoms with Crippen LogP contribution in [-0.2, 0) is 50.2 Å². The van der Waals surface area contributed by atoms with Crippen molar-refractivity contribution in [2.24, 2.45) is 0 Å². The monoisotopic (exact) mass is 518 g/mol. The molecule has 0 amide bonds. The number of aliphatic hydroxyl groups is 1. The molecule has 12 heteroatoms. The van der Waals surface area contributed by atoms with Crippen molar-refractivity contribution in [3.05, 3.63) is 59.7 Å². The van der Waals surface area contributed by atoms with E-state index in [-0.39, 0.29) is 11.5 Å². The van der Waals surface area contributed by atoms with Gasteiger partial charge in [0.2, 0.25) is 0 Å². The van der Waals surface area contributed by atoms with E-state index in [1.807, 2.05) is 6.92 Å². The highest BCUT2D eigenvalue weighted by Gasteiger charge is 2.30. The van der Waals surface area contributed by atoms with Gasteiger partial charge in [-0.2, -0.15) is 8.42 Å². The van der Waals surface area contributed by atoms with Gasteiger partial charge in [0.1, 0.15) is 18.0 Å². The van der Waals surface area contributed by atoms with Crippen LogP contribution in [0.5, 0.6) is 5.75 Å².